The minimum absolute atomic E-state index is 0.0572. The van der Waals surface area contributed by atoms with Gasteiger partial charge in [0.15, 0.2) is 0 Å². The van der Waals surface area contributed by atoms with Gasteiger partial charge in [0.1, 0.15) is 0 Å². The molecule has 1 aromatic carbocycles. The molecular formula is C14H21N3O. The highest BCUT2D eigenvalue weighted by Gasteiger charge is 2.26. The Morgan fingerprint density at radius 3 is 3.06 bits per heavy atom. The molecule has 2 rings (SSSR count). The van der Waals surface area contributed by atoms with Crippen LogP contribution in [0.4, 0.5) is 5.69 Å². The van der Waals surface area contributed by atoms with E-state index < -0.39 is 0 Å². The number of hydrogen-bond acceptors (Lipinski definition) is 3. The van der Waals surface area contributed by atoms with Gasteiger partial charge in [-0.15, -0.1) is 0 Å². The van der Waals surface area contributed by atoms with Crippen molar-refractivity contribution in [2.45, 2.75) is 6.42 Å². The van der Waals surface area contributed by atoms with Crippen LogP contribution in [0.1, 0.15) is 5.56 Å². The van der Waals surface area contributed by atoms with Gasteiger partial charge in [0.05, 0.1) is 5.92 Å². The van der Waals surface area contributed by atoms with Crippen LogP contribution < -0.4 is 10.6 Å². The number of carbonyl (C=O) groups excluding carboxylic acids is 1. The molecule has 98 valence electrons. The lowest BCUT2D eigenvalue weighted by Crippen LogP contribution is -2.41. The highest BCUT2D eigenvalue weighted by molar-refractivity contribution is 5.80. The molecule has 1 aromatic rings. The summed E-state index contributed by atoms with van der Waals surface area (Å²) < 4.78 is 0. The largest absolute Gasteiger partial charge is 0.384 e. The molecule has 1 heterocycles. The number of anilines is 1. The number of hydrogen-bond donors (Lipinski definition) is 2. The van der Waals surface area contributed by atoms with Gasteiger partial charge in [0.25, 0.3) is 0 Å². The van der Waals surface area contributed by atoms with Crippen LogP contribution in [-0.2, 0) is 11.2 Å². The average Bonchev–Trinajstić information content (AvgIpc) is 2.43. The Bertz CT molecular complexity index is 419. The Kier molecular flexibility index (Phi) is 4.20. The van der Waals surface area contributed by atoms with E-state index >= 15 is 0 Å². The molecular weight excluding hydrogens is 226 g/mol. The Hall–Kier alpha value is -1.55. The van der Waals surface area contributed by atoms with Gasteiger partial charge in [-0.1, -0.05) is 18.2 Å². The molecule has 18 heavy (non-hydrogen) atoms. The summed E-state index contributed by atoms with van der Waals surface area (Å²) >= 11 is 0. The highest BCUT2D eigenvalue weighted by atomic mass is 16.2. The topological polar surface area (TPSA) is 44.4 Å². The van der Waals surface area contributed by atoms with Crippen LogP contribution in [0.5, 0.6) is 0 Å². The predicted molar refractivity (Wildman–Crippen MR) is 73.7 cm³/mol. The summed E-state index contributed by atoms with van der Waals surface area (Å²) in [6.07, 6.45) is 0.839. The van der Waals surface area contributed by atoms with Crippen LogP contribution >= 0.6 is 0 Å². The number of nitrogens with zero attached hydrogens (tertiary/aromatic N) is 1. The van der Waals surface area contributed by atoms with E-state index in [9.17, 15) is 4.79 Å². The molecule has 0 saturated carbocycles. The van der Waals surface area contributed by atoms with Crippen LogP contribution in [-0.4, -0.2) is 44.5 Å². The zero-order valence-electron chi connectivity index (χ0n) is 11.1. The predicted octanol–water partition coefficient (Wildman–Crippen LogP) is 0.949. The van der Waals surface area contributed by atoms with Gasteiger partial charge in [-0.3, -0.25) is 4.79 Å². The van der Waals surface area contributed by atoms with Crippen LogP contribution in [0.15, 0.2) is 24.3 Å². The molecule has 0 spiro atoms. The Labute approximate surface area is 108 Å². The van der Waals surface area contributed by atoms with Crippen molar-refractivity contribution in [3.05, 3.63) is 29.8 Å². The van der Waals surface area contributed by atoms with Gasteiger partial charge < -0.3 is 15.5 Å². The van der Waals surface area contributed by atoms with E-state index in [0.29, 0.717) is 0 Å². The Morgan fingerprint density at radius 2 is 2.28 bits per heavy atom. The van der Waals surface area contributed by atoms with E-state index in [1.165, 1.54) is 11.3 Å². The molecule has 4 heteroatoms. The van der Waals surface area contributed by atoms with E-state index in [-0.39, 0.29) is 11.8 Å². The van der Waals surface area contributed by atoms with Crippen molar-refractivity contribution in [1.82, 2.24) is 10.2 Å². The molecule has 0 saturated heterocycles. The summed E-state index contributed by atoms with van der Waals surface area (Å²) in [5.74, 6) is 0.286. The molecule has 1 unspecified atom stereocenters. The molecule has 0 aromatic heterocycles. The summed E-state index contributed by atoms with van der Waals surface area (Å²) in [5, 5.41) is 6.40. The second kappa shape index (κ2) is 5.87. The fourth-order valence-electron chi connectivity index (χ4n) is 2.32. The van der Waals surface area contributed by atoms with Crippen LogP contribution in [0, 0.1) is 5.92 Å². The summed E-state index contributed by atoms with van der Waals surface area (Å²) in [4.78, 5) is 14.1. The summed E-state index contributed by atoms with van der Waals surface area (Å²) in [5.41, 5.74) is 2.41. The van der Waals surface area contributed by atoms with Crippen molar-refractivity contribution in [2.75, 3.05) is 39.0 Å². The maximum Gasteiger partial charge on any atom is 0.227 e. The standard InChI is InChI=1S/C14H21N3O/c1-15-7-8-17(2)14(18)12-9-11-5-3-4-6-13(11)16-10-12/h3-6,12,15-16H,7-10H2,1-2H3. The van der Waals surface area contributed by atoms with E-state index in [4.69, 9.17) is 0 Å². The fraction of sp³-hybridized carbons (Fsp3) is 0.500. The Morgan fingerprint density at radius 1 is 1.50 bits per heavy atom. The van der Waals surface area contributed by atoms with Crippen molar-refractivity contribution in [1.29, 1.82) is 0 Å². The molecule has 4 nitrogen and oxygen atoms in total. The molecule has 0 bridgehead atoms. The molecule has 1 aliphatic heterocycles. The van der Waals surface area contributed by atoms with Gasteiger partial charge in [-0.05, 0) is 25.1 Å². The molecule has 1 aliphatic rings. The normalized spacial score (nSPS) is 17.8. The third-order valence-corrected chi connectivity index (χ3v) is 3.45. The minimum atomic E-state index is 0.0572. The van der Waals surface area contributed by atoms with Gasteiger partial charge in [0, 0.05) is 32.4 Å². The SMILES string of the molecule is CNCCN(C)C(=O)C1CNc2ccccc2C1. The van der Waals surface area contributed by atoms with Crippen LogP contribution in [0.25, 0.3) is 0 Å². The summed E-state index contributed by atoms with van der Waals surface area (Å²) in [6, 6.07) is 8.21. The number of fused-ring (bicyclic) bond motifs is 1. The first kappa shape index (κ1) is 12.9. The van der Waals surface area contributed by atoms with Crippen LogP contribution in [0.2, 0.25) is 0 Å². The number of amides is 1. The van der Waals surface area contributed by atoms with E-state index in [1.54, 1.807) is 0 Å². The quantitative estimate of drug-likeness (QED) is 0.832. The number of rotatable bonds is 4. The average molecular weight is 247 g/mol. The van der Waals surface area contributed by atoms with Crippen molar-refractivity contribution in [3.63, 3.8) is 0 Å². The van der Waals surface area contributed by atoms with Crippen LogP contribution in [0.3, 0.4) is 0 Å². The zero-order chi connectivity index (χ0) is 13.0. The van der Waals surface area contributed by atoms with Crippen molar-refractivity contribution in [2.24, 2.45) is 5.92 Å². The van der Waals surface area contributed by atoms with Crippen molar-refractivity contribution in [3.8, 4) is 0 Å². The van der Waals surface area contributed by atoms with E-state index in [0.717, 1.165) is 26.1 Å². The van der Waals surface area contributed by atoms with Gasteiger partial charge in [0.2, 0.25) is 5.91 Å². The number of carbonyl (C=O) groups is 1. The fourth-order valence-corrected chi connectivity index (χ4v) is 2.32. The maximum absolute atomic E-state index is 12.3. The molecule has 1 atom stereocenters. The molecule has 0 aliphatic carbocycles. The van der Waals surface area contributed by atoms with Gasteiger partial charge >= 0.3 is 0 Å². The third kappa shape index (κ3) is 2.82. The lowest BCUT2D eigenvalue weighted by molar-refractivity contribution is -0.133. The smallest absolute Gasteiger partial charge is 0.227 e. The van der Waals surface area contributed by atoms with Crippen molar-refractivity contribution < 1.29 is 4.79 Å². The zero-order valence-corrected chi connectivity index (χ0v) is 11.1. The lowest BCUT2D eigenvalue weighted by atomic mass is 9.93. The Balaban J connectivity index is 1.98. The molecule has 0 radical (unpaired) electrons. The lowest BCUT2D eigenvalue weighted by Gasteiger charge is -2.29. The number of benzene rings is 1. The molecule has 0 fully saturated rings. The maximum atomic E-state index is 12.3. The number of para-hydroxylation sites is 1. The first-order valence-electron chi connectivity index (χ1n) is 6.43. The van der Waals surface area contributed by atoms with E-state index in [2.05, 4.69) is 22.8 Å². The first-order valence-corrected chi connectivity index (χ1v) is 6.43. The monoisotopic (exact) mass is 247 g/mol. The third-order valence-electron chi connectivity index (χ3n) is 3.45. The van der Waals surface area contributed by atoms with Gasteiger partial charge in [-0.2, -0.15) is 0 Å². The number of likely N-dealkylation sites (N-methyl/N-ethyl adjacent to an activating group) is 2. The van der Waals surface area contributed by atoms with Gasteiger partial charge in [-0.25, -0.2) is 0 Å². The molecule has 1 amide bonds. The minimum Gasteiger partial charge on any atom is -0.384 e. The molecule has 2 N–H and O–H groups in total. The second-order valence-electron chi connectivity index (χ2n) is 4.80. The number of nitrogens with one attached hydrogen (secondary N) is 2. The van der Waals surface area contributed by atoms with E-state index in [1.807, 2.05) is 31.1 Å². The van der Waals surface area contributed by atoms with Crippen molar-refractivity contribution >= 4 is 11.6 Å². The summed E-state index contributed by atoms with van der Waals surface area (Å²) in [6.45, 7) is 2.33. The summed E-state index contributed by atoms with van der Waals surface area (Å²) in [7, 11) is 3.77. The highest BCUT2D eigenvalue weighted by Crippen LogP contribution is 2.24. The first-order chi connectivity index (χ1) is 8.72. The second-order valence-corrected chi connectivity index (χ2v) is 4.80.